The molecule has 0 aliphatic carbocycles. The molecule has 2 rings (SSSR count). The Morgan fingerprint density at radius 1 is 1.26 bits per heavy atom. The second kappa shape index (κ2) is 7.13. The van der Waals surface area contributed by atoms with E-state index < -0.39 is 11.7 Å². The fourth-order valence-electron chi connectivity index (χ4n) is 2.21. The zero-order valence-corrected chi connectivity index (χ0v) is 13.5. The molecule has 5 heteroatoms. The van der Waals surface area contributed by atoms with Crippen molar-refractivity contribution in [1.29, 1.82) is 0 Å². The SMILES string of the molecule is Cc1ccc(C(C)C)c(OCC(=O)Nc2cc(N)ccc2F)c1. The van der Waals surface area contributed by atoms with E-state index in [1.54, 1.807) is 0 Å². The molecule has 0 heterocycles. The molecule has 3 N–H and O–H groups in total. The Balaban J connectivity index is 2.05. The van der Waals surface area contributed by atoms with Gasteiger partial charge >= 0.3 is 0 Å². The predicted molar refractivity (Wildman–Crippen MR) is 90.2 cm³/mol. The Morgan fingerprint density at radius 3 is 2.70 bits per heavy atom. The van der Waals surface area contributed by atoms with Crippen LogP contribution in [0.5, 0.6) is 5.75 Å². The zero-order valence-electron chi connectivity index (χ0n) is 13.5. The maximum absolute atomic E-state index is 13.6. The Hall–Kier alpha value is -2.56. The van der Waals surface area contributed by atoms with E-state index >= 15 is 0 Å². The summed E-state index contributed by atoms with van der Waals surface area (Å²) in [4.78, 5) is 12.0. The molecule has 0 atom stereocenters. The average molecular weight is 316 g/mol. The minimum atomic E-state index is -0.536. The molecule has 0 fully saturated rings. The van der Waals surface area contributed by atoms with Crippen molar-refractivity contribution < 1.29 is 13.9 Å². The minimum Gasteiger partial charge on any atom is -0.483 e. The molecule has 2 aromatic rings. The first kappa shape index (κ1) is 16.8. The van der Waals surface area contributed by atoms with Crippen molar-refractivity contribution in [3.8, 4) is 5.75 Å². The summed E-state index contributed by atoms with van der Waals surface area (Å²) in [5.74, 6) is -0.0279. The van der Waals surface area contributed by atoms with Gasteiger partial charge in [-0.1, -0.05) is 26.0 Å². The van der Waals surface area contributed by atoms with E-state index in [9.17, 15) is 9.18 Å². The fraction of sp³-hybridized carbons (Fsp3) is 0.278. The molecule has 0 aromatic heterocycles. The Morgan fingerprint density at radius 2 is 2.00 bits per heavy atom. The number of nitrogens with two attached hydrogens (primary N) is 1. The van der Waals surface area contributed by atoms with E-state index in [-0.39, 0.29) is 18.2 Å². The number of hydrogen-bond donors (Lipinski definition) is 2. The molecule has 0 aliphatic heterocycles. The van der Waals surface area contributed by atoms with Gasteiger partial charge in [-0.15, -0.1) is 0 Å². The molecule has 0 saturated carbocycles. The number of halogens is 1. The first-order chi connectivity index (χ1) is 10.9. The fourth-order valence-corrected chi connectivity index (χ4v) is 2.21. The zero-order chi connectivity index (χ0) is 17.0. The van der Waals surface area contributed by atoms with Gasteiger partial charge in [-0.05, 0) is 48.2 Å². The smallest absolute Gasteiger partial charge is 0.262 e. The number of carbonyl (C=O) groups excluding carboxylic acids is 1. The van der Waals surface area contributed by atoms with Crippen molar-refractivity contribution in [3.05, 3.63) is 53.3 Å². The second-order valence-electron chi connectivity index (χ2n) is 5.77. The topological polar surface area (TPSA) is 64.3 Å². The highest BCUT2D eigenvalue weighted by Gasteiger charge is 2.12. The first-order valence-corrected chi connectivity index (χ1v) is 7.45. The number of nitrogens with one attached hydrogen (secondary N) is 1. The standard InChI is InChI=1S/C18H21FN2O2/c1-11(2)14-6-4-12(3)8-17(14)23-10-18(22)21-16-9-13(20)5-7-15(16)19/h4-9,11H,10,20H2,1-3H3,(H,21,22). The minimum absolute atomic E-state index is 0.0481. The lowest BCUT2D eigenvalue weighted by Crippen LogP contribution is -2.21. The van der Waals surface area contributed by atoms with Crippen molar-refractivity contribution in [2.24, 2.45) is 0 Å². The molecule has 122 valence electrons. The number of aryl methyl sites for hydroxylation is 1. The van der Waals surface area contributed by atoms with E-state index in [0.29, 0.717) is 11.4 Å². The highest BCUT2D eigenvalue weighted by molar-refractivity contribution is 5.92. The van der Waals surface area contributed by atoms with E-state index in [1.165, 1.54) is 18.2 Å². The molecule has 0 saturated heterocycles. The maximum atomic E-state index is 13.6. The number of carbonyl (C=O) groups is 1. The third-order valence-electron chi connectivity index (χ3n) is 3.41. The summed E-state index contributed by atoms with van der Waals surface area (Å²) in [6, 6.07) is 9.91. The Kier molecular flexibility index (Phi) is 5.21. The predicted octanol–water partition coefficient (Wildman–Crippen LogP) is 3.86. The Labute approximate surface area is 135 Å². The molecule has 23 heavy (non-hydrogen) atoms. The van der Waals surface area contributed by atoms with Crippen LogP contribution in [0.15, 0.2) is 36.4 Å². The van der Waals surface area contributed by atoms with Crippen molar-refractivity contribution in [2.45, 2.75) is 26.7 Å². The van der Waals surface area contributed by atoms with E-state index in [2.05, 4.69) is 19.2 Å². The van der Waals surface area contributed by atoms with Crippen molar-refractivity contribution in [3.63, 3.8) is 0 Å². The van der Waals surface area contributed by atoms with Gasteiger partial charge in [0.25, 0.3) is 5.91 Å². The summed E-state index contributed by atoms with van der Waals surface area (Å²) in [6.07, 6.45) is 0. The summed E-state index contributed by atoms with van der Waals surface area (Å²) >= 11 is 0. The number of hydrogen-bond acceptors (Lipinski definition) is 3. The van der Waals surface area contributed by atoms with Crippen LogP contribution < -0.4 is 15.8 Å². The van der Waals surface area contributed by atoms with Gasteiger partial charge in [0.15, 0.2) is 6.61 Å². The first-order valence-electron chi connectivity index (χ1n) is 7.45. The lowest BCUT2D eigenvalue weighted by molar-refractivity contribution is -0.118. The van der Waals surface area contributed by atoms with Crippen LogP contribution in [0.25, 0.3) is 0 Å². The van der Waals surface area contributed by atoms with Gasteiger partial charge in [-0.2, -0.15) is 0 Å². The van der Waals surface area contributed by atoms with Crippen LogP contribution in [-0.4, -0.2) is 12.5 Å². The summed E-state index contributed by atoms with van der Waals surface area (Å²) in [5.41, 5.74) is 8.09. The molecule has 0 aliphatic rings. The number of amides is 1. The van der Waals surface area contributed by atoms with Crippen LogP contribution in [0.4, 0.5) is 15.8 Å². The monoisotopic (exact) mass is 316 g/mol. The number of anilines is 2. The normalized spacial score (nSPS) is 10.7. The molecule has 0 radical (unpaired) electrons. The molecule has 4 nitrogen and oxygen atoms in total. The molecular weight excluding hydrogens is 295 g/mol. The van der Waals surface area contributed by atoms with Crippen LogP contribution in [0.1, 0.15) is 30.9 Å². The van der Waals surface area contributed by atoms with Gasteiger partial charge < -0.3 is 15.8 Å². The molecule has 2 aromatic carbocycles. The van der Waals surface area contributed by atoms with Crippen molar-refractivity contribution >= 4 is 17.3 Å². The second-order valence-corrected chi connectivity index (χ2v) is 5.77. The lowest BCUT2D eigenvalue weighted by Gasteiger charge is -2.15. The van der Waals surface area contributed by atoms with Gasteiger partial charge in [-0.3, -0.25) is 4.79 Å². The molecule has 0 bridgehead atoms. The van der Waals surface area contributed by atoms with Crippen molar-refractivity contribution in [1.82, 2.24) is 0 Å². The van der Waals surface area contributed by atoms with E-state index in [0.717, 1.165) is 11.1 Å². The molecular formula is C18H21FN2O2. The quantitative estimate of drug-likeness (QED) is 0.823. The number of nitrogen functional groups attached to an aromatic ring is 1. The number of rotatable bonds is 5. The highest BCUT2D eigenvalue weighted by Crippen LogP contribution is 2.27. The number of ether oxygens (including phenoxy) is 1. The van der Waals surface area contributed by atoms with Gasteiger partial charge in [0.2, 0.25) is 0 Å². The number of benzene rings is 2. The van der Waals surface area contributed by atoms with Crippen molar-refractivity contribution in [2.75, 3.05) is 17.7 Å². The maximum Gasteiger partial charge on any atom is 0.262 e. The summed E-state index contributed by atoms with van der Waals surface area (Å²) in [6.45, 7) is 5.87. The van der Waals surface area contributed by atoms with Crippen LogP contribution in [-0.2, 0) is 4.79 Å². The van der Waals surface area contributed by atoms with Crippen LogP contribution >= 0.6 is 0 Å². The molecule has 0 spiro atoms. The lowest BCUT2D eigenvalue weighted by atomic mass is 10.0. The van der Waals surface area contributed by atoms with E-state index in [4.69, 9.17) is 10.5 Å². The summed E-state index contributed by atoms with van der Waals surface area (Å²) in [7, 11) is 0. The average Bonchev–Trinajstić information content (AvgIpc) is 2.48. The Bertz CT molecular complexity index is 714. The van der Waals surface area contributed by atoms with Gasteiger partial charge in [0, 0.05) is 5.69 Å². The van der Waals surface area contributed by atoms with Gasteiger partial charge in [-0.25, -0.2) is 4.39 Å². The largest absolute Gasteiger partial charge is 0.483 e. The third-order valence-corrected chi connectivity index (χ3v) is 3.41. The van der Waals surface area contributed by atoms with Gasteiger partial charge in [0.1, 0.15) is 11.6 Å². The van der Waals surface area contributed by atoms with Crippen LogP contribution in [0.3, 0.4) is 0 Å². The summed E-state index contributed by atoms with van der Waals surface area (Å²) in [5, 5.41) is 2.47. The van der Waals surface area contributed by atoms with Crippen LogP contribution in [0, 0.1) is 12.7 Å². The summed E-state index contributed by atoms with van der Waals surface area (Å²) < 4.78 is 19.2. The molecule has 0 unspecified atom stereocenters. The third kappa shape index (κ3) is 4.45. The van der Waals surface area contributed by atoms with Crippen LogP contribution in [0.2, 0.25) is 0 Å². The van der Waals surface area contributed by atoms with Gasteiger partial charge in [0.05, 0.1) is 5.69 Å². The molecule has 1 amide bonds. The van der Waals surface area contributed by atoms with E-state index in [1.807, 2.05) is 25.1 Å². The highest BCUT2D eigenvalue weighted by atomic mass is 19.1.